The van der Waals surface area contributed by atoms with Gasteiger partial charge in [0.05, 0.1) is 26.4 Å². The van der Waals surface area contributed by atoms with Crippen LogP contribution in [0.1, 0.15) is 88.5 Å². The highest BCUT2D eigenvalue weighted by Crippen LogP contribution is 2.39. The molecule has 0 unspecified atom stereocenters. The maximum absolute atomic E-state index is 14.9. The largest absolute Gasteiger partial charge is 0.491 e. The van der Waals surface area contributed by atoms with Crippen molar-refractivity contribution in [3.63, 3.8) is 0 Å². The van der Waals surface area contributed by atoms with Crippen molar-refractivity contribution in [1.29, 1.82) is 0 Å². The Hall–Kier alpha value is -2.32. The van der Waals surface area contributed by atoms with Crippen LogP contribution in [0, 0.1) is 35.1 Å². The Kier molecular flexibility index (Phi) is 10.3. The van der Waals surface area contributed by atoms with Crippen LogP contribution in [-0.4, -0.2) is 26.4 Å². The standard InChI is InChI=1S/C30H38F4O4/c1-3-5-6-7-20-17-37-30(38-18-20)23-13-15-25(29(34)27(23)32)36-16-19-8-10-21(11-9-19)22-12-14-24(35-4-2)28(33)26(22)31/h12-15,19-21,30H,3-11,16-18H2,1-2H3/t19-,20?,21-,30?. The molecule has 2 fully saturated rings. The molecule has 2 aromatic rings. The number of rotatable bonds is 11. The van der Waals surface area contributed by atoms with Gasteiger partial charge in [0.25, 0.3) is 0 Å². The van der Waals surface area contributed by atoms with Gasteiger partial charge in [0, 0.05) is 11.5 Å². The van der Waals surface area contributed by atoms with E-state index in [-0.39, 0.29) is 48.0 Å². The fourth-order valence-electron chi connectivity index (χ4n) is 5.39. The second-order valence-corrected chi connectivity index (χ2v) is 10.4. The molecule has 2 aromatic carbocycles. The van der Waals surface area contributed by atoms with Crippen LogP contribution in [0.15, 0.2) is 24.3 Å². The third-order valence-electron chi connectivity index (χ3n) is 7.65. The van der Waals surface area contributed by atoms with E-state index in [1.165, 1.54) is 18.2 Å². The molecule has 0 bridgehead atoms. The maximum atomic E-state index is 14.9. The van der Waals surface area contributed by atoms with Crippen LogP contribution in [-0.2, 0) is 9.47 Å². The monoisotopic (exact) mass is 538 g/mol. The Morgan fingerprint density at radius 1 is 0.711 bits per heavy atom. The Balaban J connectivity index is 1.27. The van der Waals surface area contributed by atoms with Crippen molar-refractivity contribution in [2.24, 2.45) is 11.8 Å². The molecule has 1 saturated heterocycles. The Labute approximate surface area is 222 Å². The summed E-state index contributed by atoms with van der Waals surface area (Å²) in [6.07, 6.45) is 6.21. The summed E-state index contributed by atoms with van der Waals surface area (Å²) in [5.74, 6) is -3.84. The van der Waals surface area contributed by atoms with Gasteiger partial charge in [-0.25, -0.2) is 8.78 Å². The molecule has 0 atom stereocenters. The average Bonchev–Trinajstić information content (AvgIpc) is 2.93. The molecule has 1 aliphatic carbocycles. The third-order valence-corrected chi connectivity index (χ3v) is 7.65. The molecule has 0 spiro atoms. The van der Waals surface area contributed by atoms with Crippen LogP contribution in [0.25, 0.3) is 0 Å². The van der Waals surface area contributed by atoms with E-state index >= 15 is 0 Å². The van der Waals surface area contributed by atoms with E-state index in [1.807, 2.05) is 0 Å². The normalized spacial score (nSPS) is 23.8. The van der Waals surface area contributed by atoms with Gasteiger partial charge in [-0.2, -0.15) is 8.78 Å². The first-order chi connectivity index (χ1) is 18.4. The quantitative estimate of drug-likeness (QED) is 0.213. The van der Waals surface area contributed by atoms with E-state index < -0.39 is 29.6 Å². The predicted molar refractivity (Wildman–Crippen MR) is 136 cm³/mol. The van der Waals surface area contributed by atoms with Gasteiger partial charge in [-0.1, -0.05) is 32.3 Å². The highest BCUT2D eigenvalue weighted by atomic mass is 19.2. The van der Waals surface area contributed by atoms with E-state index in [1.54, 1.807) is 13.0 Å². The molecule has 1 heterocycles. The smallest absolute Gasteiger partial charge is 0.201 e. The lowest BCUT2D eigenvalue weighted by atomic mass is 9.79. The summed E-state index contributed by atoms with van der Waals surface area (Å²) in [5, 5.41) is 0. The zero-order valence-corrected chi connectivity index (χ0v) is 22.2. The summed E-state index contributed by atoms with van der Waals surface area (Å²) in [6, 6.07) is 5.94. The van der Waals surface area contributed by atoms with Gasteiger partial charge in [0.1, 0.15) is 0 Å². The van der Waals surface area contributed by atoms with Gasteiger partial charge in [-0.15, -0.1) is 0 Å². The van der Waals surface area contributed by atoms with Crippen molar-refractivity contribution in [2.45, 2.75) is 77.4 Å². The van der Waals surface area contributed by atoms with Crippen LogP contribution >= 0.6 is 0 Å². The van der Waals surface area contributed by atoms with Crippen LogP contribution < -0.4 is 9.47 Å². The van der Waals surface area contributed by atoms with E-state index in [2.05, 4.69) is 6.92 Å². The minimum absolute atomic E-state index is 0.0342. The second-order valence-electron chi connectivity index (χ2n) is 10.4. The molecule has 8 heteroatoms. The van der Waals surface area contributed by atoms with Crippen LogP contribution in [0.3, 0.4) is 0 Å². The van der Waals surface area contributed by atoms with Crippen molar-refractivity contribution in [2.75, 3.05) is 26.4 Å². The molecule has 0 radical (unpaired) electrons. The van der Waals surface area contributed by atoms with E-state index in [0.29, 0.717) is 44.5 Å². The fraction of sp³-hybridized carbons (Fsp3) is 0.600. The fourth-order valence-corrected chi connectivity index (χ4v) is 5.39. The number of benzene rings is 2. The van der Waals surface area contributed by atoms with E-state index in [4.69, 9.17) is 18.9 Å². The topological polar surface area (TPSA) is 36.9 Å². The van der Waals surface area contributed by atoms with Crippen LogP contribution in [0.2, 0.25) is 0 Å². The third kappa shape index (κ3) is 6.81. The van der Waals surface area contributed by atoms with Crippen molar-refractivity contribution < 1.29 is 36.5 Å². The number of unbranched alkanes of at least 4 members (excludes halogenated alkanes) is 2. The lowest BCUT2D eigenvalue weighted by molar-refractivity contribution is -0.207. The minimum atomic E-state index is -1.06. The molecule has 2 aliphatic rings. The molecule has 0 aromatic heterocycles. The summed E-state index contributed by atoms with van der Waals surface area (Å²) in [5.41, 5.74) is 0.389. The number of hydrogen-bond donors (Lipinski definition) is 0. The highest BCUT2D eigenvalue weighted by molar-refractivity contribution is 5.34. The number of hydrogen-bond acceptors (Lipinski definition) is 4. The summed E-state index contributed by atoms with van der Waals surface area (Å²) < 4.78 is 80.7. The van der Waals surface area contributed by atoms with E-state index in [9.17, 15) is 17.6 Å². The molecule has 210 valence electrons. The van der Waals surface area contributed by atoms with Gasteiger partial charge >= 0.3 is 0 Å². The van der Waals surface area contributed by atoms with E-state index in [0.717, 1.165) is 25.7 Å². The molecule has 4 rings (SSSR count). The predicted octanol–water partition coefficient (Wildman–Crippen LogP) is 8.24. The SMILES string of the molecule is CCCCCC1COC(c2ccc(OC[C@H]3CC[C@H](c4ccc(OCC)c(F)c4F)CC3)c(F)c2F)OC1. The zero-order valence-electron chi connectivity index (χ0n) is 22.2. The van der Waals surface area contributed by atoms with Gasteiger partial charge in [0.15, 0.2) is 29.4 Å². The summed E-state index contributed by atoms with van der Waals surface area (Å²) in [6.45, 7) is 5.27. The van der Waals surface area contributed by atoms with Crippen molar-refractivity contribution >= 4 is 0 Å². The van der Waals surface area contributed by atoms with Crippen molar-refractivity contribution in [3.8, 4) is 11.5 Å². The zero-order chi connectivity index (χ0) is 27.1. The minimum Gasteiger partial charge on any atom is -0.491 e. The summed E-state index contributed by atoms with van der Waals surface area (Å²) >= 11 is 0. The molecule has 4 nitrogen and oxygen atoms in total. The van der Waals surface area contributed by atoms with Gasteiger partial charge < -0.3 is 18.9 Å². The van der Waals surface area contributed by atoms with Gasteiger partial charge in [0.2, 0.25) is 11.6 Å². The second kappa shape index (κ2) is 13.7. The molecular weight excluding hydrogens is 500 g/mol. The first-order valence-electron chi connectivity index (χ1n) is 13.9. The van der Waals surface area contributed by atoms with Crippen LogP contribution in [0.4, 0.5) is 17.6 Å². The van der Waals surface area contributed by atoms with Gasteiger partial charge in [-0.05, 0) is 74.6 Å². The number of ether oxygens (including phenoxy) is 4. The lowest BCUT2D eigenvalue weighted by Crippen LogP contribution is -2.27. The Bertz CT molecular complexity index is 1050. The Morgan fingerprint density at radius 3 is 1.95 bits per heavy atom. The maximum Gasteiger partial charge on any atom is 0.201 e. The molecule has 1 saturated carbocycles. The van der Waals surface area contributed by atoms with Crippen molar-refractivity contribution in [1.82, 2.24) is 0 Å². The molecule has 0 N–H and O–H groups in total. The molecular formula is C30H38F4O4. The lowest BCUT2D eigenvalue weighted by Gasteiger charge is -2.30. The average molecular weight is 539 g/mol. The first-order valence-corrected chi connectivity index (χ1v) is 13.9. The molecule has 0 amide bonds. The first kappa shape index (κ1) is 28.7. The van der Waals surface area contributed by atoms with Gasteiger partial charge in [-0.3, -0.25) is 0 Å². The number of halogens is 4. The van der Waals surface area contributed by atoms with Crippen molar-refractivity contribution in [3.05, 3.63) is 58.7 Å². The summed E-state index contributed by atoms with van der Waals surface area (Å²) in [4.78, 5) is 0. The highest BCUT2D eigenvalue weighted by Gasteiger charge is 2.30. The summed E-state index contributed by atoms with van der Waals surface area (Å²) in [7, 11) is 0. The molecule has 38 heavy (non-hydrogen) atoms. The Morgan fingerprint density at radius 2 is 1.32 bits per heavy atom. The van der Waals surface area contributed by atoms with Crippen LogP contribution in [0.5, 0.6) is 11.5 Å². The molecule has 1 aliphatic heterocycles.